The first-order valence-corrected chi connectivity index (χ1v) is 8.04. The lowest BCUT2D eigenvalue weighted by Crippen LogP contribution is -2.28. The zero-order chi connectivity index (χ0) is 18.8. The van der Waals surface area contributed by atoms with Gasteiger partial charge in [0.15, 0.2) is 0 Å². The standard InChI is InChI=1S/C17H13ClFN3O4/c18-12-6-5-11(8-15(12)22(25)26)20-17(24)10-7-16(23)21(9-10)14-4-2-1-3-13(14)19/h1-6,8,10H,7,9H2,(H,20,24)/t10-/m1/s1. The molecular weight excluding hydrogens is 365 g/mol. The molecule has 0 unspecified atom stereocenters. The van der Waals surface area contributed by atoms with Crippen LogP contribution in [0.4, 0.5) is 21.5 Å². The molecule has 0 bridgehead atoms. The van der Waals surface area contributed by atoms with Crippen LogP contribution in [0, 0.1) is 21.8 Å². The minimum atomic E-state index is -0.697. The van der Waals surface area contributed by atoms with Crippen LogP contribution in [-0.2, 0) is 9.59 Å². The predicted octanol–water partition coefficient (Wildman–Crippen LogP) is 3.38. The highest BCUT2D eigenvalue weighted by atomic mass is 35.5. The molecule has 9 heteroatoms. The van der Waals surface area contributed by atoms with Crippen LogP contribution in [0.5, 0.6) is 0 Å². The van der Waals surface area contributed by atoms with Gasteiger partial charge in [0, 0.05) is 24.7 Å². The first-order chi connectivity index (χ1) is 12.4. The molecule has 3 rings (SSSR count). The van der Waals surface area contributed by atoms with Crippen LogP contribution < -0.4 is 10.2 Å². The normalized spacial score (nSPS) is 16.6. The maximum absolute atomic E-state index is 13.9. The van der Waals surface area contributed by atoms with Crippen molar-refractivity contribution in [1.82, 2.24) is 0 Å². The van der Waals surface area contributed by atoms with Gasteiger partial charge in [0.25, 0.3) is 5.69 Å². The Bertz CT molecular complexity index is 905. The molecule has 134 valence electrons. The Morgan fingerprint density at radius 3 is 2.73 bits per heavy atom. The van der Waals surface area contributed by atoms with Crippen molar-refractivity contribution in [2.75, 3.05) is 16.8 Å². The molecule has 2 aromatic carbocycles. The van der Waals surface area contributed by atoms with Gasteiger partial charge in [0.05, 0.1) is 16.5 Å². The van der Waals surface area contributed by atoms with Gasteiger partial charge in [-0.15, -0.1) is 0 Å². The third-order valence-electron chi connectivity index (χ3n) is 4.05. The van der Waals surface area contributed by atoms with E-state index in [-0.39, 0.29) is 41.0 Å². The Hall–Kier alpha value is -3.00. The van der Waals surface area contributed by atoms with Crippen LogP contribution in [0.3, 0.4) is 0 Å². The summed E-state index contributed by atoms with van der Waals surface area (Å²) in [5, 5.41) is 13.4. The number of nitro groups is 1. The second kappa shape index (κ2) is 7.09. The van der Waals surface area contributed by atoms with Crippen LogP contribution in [0.1, 0.15) is 6.42 Å². The second-order valence-electron chi connectivity index (χ2n) is 5.77. The number of nitro benzene ring substituents is 1. The van der Waals surface area contributed by atoms with E-state index in [9.17, 15) is 24.1 Å². The maximum atomic E-state index is 13.9. The molecule has 1 N–H and O–H groups in total. The number of carbonyl (C=O) groups excluding carboxylic acids is 2. The summed E-state index contributed by atoms with van der Waals surface area (Å²) in [5.74, 6) is -2.08. The fourth-order valence-electron chi connectivity index (χ4n) is 2.76. The molecule has 0 saturated carbocycles. The second-order valence-corrected chi connectivity index (χ2v) is 6.18. The number of nitrogens with zero attached hydrogens (tertiary/aromatic N) is 2. The highest BCUT2D eigenvalue weighted by Crippen LogP contribution is 2.30. The first-order valence-electron chi connectivity index (χ1n) is 7.66. The molecule has 2 amide bonds. The quantitative estimate of drug-likeness (QED) is 0.653. The zero-order valence-corrected chi connectivity index (χ0v) is 14.1. The van der Waals surface area contributed by atoms with Crippen LogP contribution in [0.15, 0.2) is 42.5 Å². The fraction of sp³-hybridized carbons (Fsp3) is 0.176. The molecule has 2 aromatic rings. The summed E-state index contributed by atoms with van der Waals surface area (Å²) in [6, 6.07) is 9.70. The minimum Gasteiger partial charge on any atom is -0.326 e. The van der Waals surface area contributed by atoms with Gasteiger partial charge >= 0.3 is 0 Å². The summed E-state index contributed by atoms with van der Waals surface area (Å²) in [4.78, 5) is 36.0. The Morgan fingerprint density at radius 2 is 2.04 bits per heavy atom. The van der Waals surface area contributed by atoms with Crippen molar-refractivity contribution >= 4 is 40.5 Å². The van der Waals surface area contributed by atoms with Crippen molar-refractivity contribution < 1.29 is 18.9 Å². The van der Waals surface area contributed by atoms with Gasteiger partial charge in [0.1, 0.15) is 10.8 Å². The maximum Gasteiger partial charge on any atom is 0.289 e. The first kappa shape index (κ1) is 17.8. The summed E-state index contributed by atoms with van der Waals surface area (Å²) >= 11 is 5.73. The van der Waals surface area contributed by atoms with Gasteiger partial charge in [-0.2, -0.15) is 0 Å². The molecule has 1 heterocycles. The summed E-state index contributed by atoms with van der Waals surface area (Å²) < 4.78 is 13.9. The minimum absolute atomic E-state index is 0.0291. The van der Waals surface area contributed by atoms with E-state index >= 15 is 0 Å². The van der Waals surface area contributed by atoms with Crippen molar-refractivity contribution in [1.29, 1.82) is 0 Å². The van der Waals surface area contributed by atoms with Gasteiger partial charge in [-0.1, -0.05) is 23.7 Å². The van der Waals surface area contributed by atoms with Gasteiger partial charge < -0.3 is 10.2 Å². The number of hydrogen-bond donors (Lipinski definition) is 1. The van der Waals surface area contributed by atoms with Gasteiger partial charge in [-0.05, 0) is 24.3 Å². The number of hydrogen-bond acceptors (Lipinski definition) is 4. The van der Waals surface area contributed by atoms with E-state index in [2.05, 4.69) is 5.32 Å². The molecule has 1 aliphatic rings. The van der Waals surface area contributed by atoms with E-state index in [4.69, 9.17) is 11.6 Å². The van der Waals surface area contributed by atoms with Crippen LogP contribution in [0.2, 0.25) is 5.02 Å². The highest BCUT2D eigenvalue weighted by Gasteiger charge is 2.36. The predicted molar refractivity (Wildman–Crippen MR) is 93.6 cm³/mol. The lowest BCUT2D eigenvalue weighted by atomic mass is 10.1. The number of para-hydroxylation sites is 1. The summed E-state index contributed by atoms with van der Waals surface area (Å²) in [5.41, 5.74) is -0.0160. The highest BCUT2D eigenvalue weighted by molar-refractivity contribution is 6.32. The number of anilines is 2. The van der Waals surface area contributed by atoms with Crippen LogP contribution >= 0.6 is 11.6 Å². The molecule has 0 radical (unpaired) electrons. The molecule has 0 spiro atoms. The van der Waals surface area contributed by atoms with Crippen molar-refractivity contribution in [2.24, 2.45) is 5.92 Å². The van der Waals surface area contributed by atoms with E-state index in [1.165, 1.54) is 35.2 Å². The molecule has 0 aliphatic carbocycles. The largest absolute Gasteiger partial charge is 0.326 e. The lowest BCUT2D eigenvalue weighted by Gasteiger charge is -2.17. The molecule has 26 heavy (non-hydrogen) atoms. The topological polar surface area (TPSA) is 92.5 Å². The number of amides is 2. The Kier molecular flexibility index (Phi) is 4.85. The molecule has 1 aliphatic heterocycles. The van der Waals surface area contributed by atoms with Crippen LogP contribution in [-0.4, -0.2) is 23.3 Å². The van der Waals surface area contributed by atoms with E-state index in [0.29, 0.717) is 0 Å². The molecule has 1 atom stereocenters. The van der Waals surface area contributed by atoms with Crippen molar-refractivity contribution in [2.45, 2.75) is 6.42 Å². The third kappa shape index (κ3) is 3.50. The Labute approximate surface area is 152 Å². The molecular formula is C17H13ClFN3O4. The van der Waals surface area contributed by atoms with Gasteiger partial charge in [-0.3, -0.25) is 19.7 Å². The van der Waals surface area contributed by atoms with Gasteiger partial charge in [0.2, 0.25) is 11.8 Å². The Morgan fingerprint density at radius 1 is 1.31 bits per heavy atom. The van der Waals surface area contributed by atoms with Crippen molar-refractivity contribution in [3.8, 4) is 0 Å². The third-order valence-corrected chi connectivity index (χ3v) is 4.37. The number of rotatable bonds is 4. The molecule has 0 aromatic heterocycles. The van der Waals surface area contributed by atoms with Crippen molar-refractivity contribution in [3.05, 3.63) is 63.4 Å². The summed E-state index contributed by atoms with van der Waals surface area (Å²) in [6.45, 7) is 0.0291. The number of halogens is 2. The average Bonchev–Trinajstić information content (AvgIpc) is 2.98. The number of carbonyl (C=O) groups is 2. The Balaban J connectivity index is 1.74. The van der Waals surface area contributed by atoms with Crippen molar-refractivity contribution in [3.63, 3.8) is 0 Å². The molecule has 1 saturated heterocycles. The SMILES string of the molecule is O=C(Nc1ccc(Cl)c([N+](=O)[O-])c1)[C@@H]1CC(=O)N(c2ccccc2F)C1. The van der Waals surface area contributed by atoms with Crippen LogP contribution in [0.25, 0.3) is 0 Å². The molecule has 1 fully saturated rings. The summed E-state index contributed by atoms with van der Waals surface area (Å²) in [6.07, 6.45) is -0.0736. The van der Waals surface area contributed by atoms with E-state index in [1.54, 1.807) is 6.07 Å². The fourth-order valence-corrected chi connectivity index (χ4v) is 2.95. The zero-order valence-electron chi connectivity index (χ0n) is 13.3. The molecule has 7 nitrogen and oxygen atoms in total. The van der Waals surface area contributed by atoms with E-state index < -0.39 is 22.6 Å². The lowest BCUT2D eigenvalue weighted by molar-refractivity contribution is -0.384. The van der Waals surface area contributed by atoms with E-state index in [0.717, 1.165) is 6.07 Å². The average molecular weight is 378 g/mol. The smallest absolute Gasteiger partial charge is 0.289 e. The van der Waals surface area contributed by atoms with Gasteiger partial charge in [-0.25, -0.2) is 4.39 Å². The van der Waals surface area contributed by atoms with E-state index in [1.807, 2.05) is 0 Å². The summed E-state index contributed by atoms with van der Waals surface area (Å²) in [7, 11) is 0. The monoisotopic (exact) mass is 377 g/mol. The number of nitrogens with one attached hydrogen (secondary N) is 1. The number of benzene rings is 2.